The molecule has 122 valence electrons. The number of hydrogen-bond donors (Lipinski definition) is 2. The van der Waals surface area contributed by atoms with Crippen LogP contribution < -0.4 is 5.32 Å². The topological polar surface area (TPSA) is 55.8 Å². The van der Waals surface area contributed by atoms with Gasteiger partial charge in [0.25, 0.3) is 0 Å². The maximum absolute atomic E-state index is 12.1. The van der Waals surface area contributed by atoms with Crippen molar-refractivity contribution in [2.45, 2.75) is 26.3 Å². The second kappa shape index (κ2) is 8.03. The molecule has 1 aliphatic rings. The molecule has 0 aromatic heterocycles. The third-order valence-corrected chi connectivity index (χ3v) is 4.33. The first-order chi connectivity index (χ1) is 10.6. The summed E-state index contributed by atoms with van der Waals surface area (Å²) in [6.45, 7) is 6.53. The fourth-order valence-corrected chi connectivity index (χ4v) is 2.71. The average molecular weight is 305 g/mol. The summed E-state index contributed by atoms with van der Waals surface area (Å²) < 4.78 is 0. The van der Waals surface area contributed by atoms with Gasteiger partial charge < -0.3 is 20.2 Å². The van der Waals surface area contributed by atoms with Gasteiger partial charge in [0, 0.05) is 25.7 Å². The minimum Gasteiger partial charge on any atom is -0.508 e. The van der Waals surface area contributed by atoms with Crippen LogP contribution in [0.5, 0.6) is 5.75 Å². The van der Waals surface area contributed by atoms with Gasteiger partial charge in [-0.1, -0.05) is 25.1 Å². The zero-order chi connectivity index (χ0) is 15.9. The number of piperidine rings is 1. The van der Waals surface area contributed by atoms with E-state index in [1.807, 2.05) is 12.1 Å². The lowest BCUT2D eigenvalue weighted by atomic mass is 9.99. The highest BCUT2D eigenvalue weighted by Crippen LogP contribution is 2.17. The van der Waals surface area contributed by atoms with Crippen LogP contribution in [0.15, 0.2) is 24.3 Å². The van der Waals surface area contributed by atoms with Gasteiger partial charge in [0.15, 0.2) is 0 Å². The fourth-order valence-electron chi connectivity index (χ4n) is 2.71. The smallest absolute Gasteiger partial charge is 0.317 e. The lowest BCUT2D eigenvalue weighted by molar-refractivity contribution is 0.184. The molecule has 5 heteroatoms. The van der Waals surface area contributed by atoms with Crippen molar-refractivity contribution in [3.05, 3.63) is 29.8 Å². The van der Waals surface area contributed by atoms with E-state index in [4.69, 9.17) is 0 Å². The minimum absolute atomic E-state index is 0.103. The van der Waals surface area contributed by atoms with Crippen molar-refractivity contribution in [1.29, 1.82) is 0 Å². The van der Waals surface area contributed by atoms with E-state index >= 15 is 0 Å². The molecule has 2 amide bonds. The summed E-state index contributed by atoms with van der Waals surface area (Å²) in [5.41, 5.74) is 0.755. The van der Waals surface area contributed by atoms with Gasteiger partial charge in [0.05, 0.1) is 6.54 Å². The van der Waals surface area contributed by atoms with Crippen LogP contribution in [0.3, 0.4) is 0 Å². The van der Waals surface area contributed by atoms with Gasteiger partial charge >= 0.3 is 6.03 Å². The Morgan fingerprint density at radius 2 is 2.05 bits per heavy atom. The number of benzene rings is 1. The predicted octanol–water partition coefficient (Wildman–Crippen LogP) is 2.27. The molecule has 5 nitrogen and oxygen atoms in total. The van der Waals surface area contributed by atoms with E-state index in [1.165, 1.54) is 12.8 Å². The van der Waals surface area contributed by atoms with E-state index in [9.17, 15) is 9.90 Å². The molecule has 0 spiro atoms. The number of para-hydroxylation sites is 1. The number of hydrogen-bond acceptors (Lipinski definition) is 3. The van der Waals surface area contributed by atoms with Gasteiger partial charge in [-0.15, -0.1) is 0 Å². The molecular weight excluding hydrogens is 278 g/mol. The lowest BCUT2D eigenvalue weighted by Gasteiger charge is -2.30. The number of urea groups is 1. The van der Waals surface area contributed by atoms with E-state index in [2.05, 4.69) is 17.1 Å². The van der Waals surface area contributed by atoms with Crippen molar-refractivity contribution in [3.63, 3.8) is 0 Å². The summed E-state index contributed by atoms with van der Waals surface area (Å²) in [7, 11) is 1.74. The third kappa shape index (κ3) is 4.91. The molecule has 2 rings (SSSR count). The zero-order valence-corrected chi connectivity index (χ0v) is 13.6. The molecule has 0 atom stereocenters. The summed E-state index contributed by atoms with van der Waals surface area (Å²) in [6, 6.07) is 7.00. The summed E-state index contributed by atoms with van der Waals surface area (Å²) in [6.07, 6.45) is 2.50. The number of rotatable bonds is 5. The molecule has 0 aliphatic carbocycles. The number of aromatic hydroxyl groups is 1. The number of carbonyl (C=O) groups excluding carboxylic acids is 1. The highest BCUT2D eigenvalue weighted by atomic mass is 16.3. The Labute approximate surface area is 132 Å². The summed E-state index contributed by atoms with van der Waals surface area (Å²) in [5, 5.41) is 12.7. The largest absolute Gasteiger partial charge is 0.508 e. The van der Waals surface area contributed by atoms with Crippen molar-refractivity contribution >= 4 is 6.03 Å². The zero-order valence-electron chi connectivity index (χ0n) is 13.6. The Kier molecular flexibility index (Phi) is 6.07. The monoisotopic (exact) mass is 305 g/mol. The van der Waals surface area contributed by atoms with E-state index in [-0.39, 0.29) is 11.8 Å². The molecule has 1 aromatic rings. The fraction of sp³-hybridized carbons (Fsp3) is 0.588. The van der Waals surface area contributed by atoms with Crippen LogP contribution in [0.25, 0.3) is 0 Å². The van der Waals surface area contributed by atoms with Crippen LogP contribution >= 0.6 is 0 Å². The molecule has 0 radical (unpaired) electrons. The molecule has 1 fully saturated rings. The molecule has 0 saturated carbocycles. The first-order valence-corrected chi connectivity index (χ1v) is 8.04. The molecule has 2 N–H and O–H groups in total. The first-order valence-electron chi connectivity index (χ1n) is 8.04. The van der Waals surface area contributed by atoms with Crippen molar-refractivity contribution < 1.29 is 9.90 Å². The Balaban J connectivity index is 1.69. The first kappa shape index (κ1) is 16.6. The summed E-state index contributed by atoms with van der Waals surface area (Å²) in [5.74, 6) is 1.06. The number of nitrogens with one attached hydrogen (secondary N) is 1. The number of carbonyl (C=O) groups is 1. The van der Waals surface area contributed by atoms with Crippen LogP contribution in [0.2, 0.25) is 0 Å². The highest BCUT2D eigenvalue weighted by molar-refractivity contribution is 5.73. The van der Waals surface area contributed by atoms with E-state index in [1.54, 1.807) is 24.1 Å². The molecule has 0 unspecified atom stereocenters. The average Bonchev–Trinajstić information content (AvgIpc) is 2.51. The maximum atomic E-state index is 12.1. The molecule has 1 saturated heterocycles. The van der Waals surface area contributed by atoms with E-state index < -0.39 is 0 Å². The summed E-state index contributed by atoms with van der Waals surface area (Å²) >= 11 is 0. The quantitative estimate of drug-likeness (QED) is 0.877. The SMILES string of the molecule is CC1CCN(CCNC(=O)N(C)Cc2ccccc2O)CC1. The molecule has 1 aromatic carbocycles. The molecule has 22 heavy (non-hydrogen) atoms. The third-order valence-electron chi connectivity index (χ3n) is 4.33. The second-order valence-electron chi connectivity index (χ2n) is 6.24. The van der Waals surface area contributed by atoms with Gasteiger partial charge in [0.1, 0.15) is 5.75 Å². The molecule has 0 bridgehead atoms. The molecule has 1 aliphatic heterocycles. The van der Waals surface area contributed by atoms with Crippen LogP contribution in [0.4, 0.5) is 4.79 Å². The van der Waals surface area contributed by atoms with Gasteiger partial charge in [-0.05, 0) is 37.9 Å². The normalized spacial score (nSPS) is 16.5. The van der Waals surface area contributed by atoms with Gasteiger partial charge in [0.2, 0.25) is 0 Å². The maximum Gasteiger partial charge on any atom is 0.317 e. The number of phenolic OH excluding ortho intramolecular Hbond substituents is 1. The highest BCUT2D eigenvalue weighted by Gasteiger charge is 2.16. The number of likely N-dealkylation sites (tertiary alicyclic amines) is 1. The van der Waals surface area contributed by atoms with Crippen molar-refractivity contribution in [2.75, 3.05) is 33.2 Å². The van der Waals surface area contributed by atoms with Gasteiger partial charge in [-0.25, -0.2) is 4.79 Å². The number of phenols is 1. The van der Waals surface area contributed by atoms with Crippen molar-refractivity contribution in [1.82, 2.24) is 15.1 Å². The Hall–Kier alpha value is -1.75. The van der Waals surface area contributed by atoms with E-state index in [0.29, 0.717) is 13.1 Å². The minimum atomic E-state index is -0.103. The molecular formula is C17H27N3O2. The lowest BCUT2D eigenvalue weighted by Crippen LogP contribution is -2.42. The Morgan fingerprint density at radius 3 is 2.73 bits per heavy atom. The van der Waals surface area contributed by atoms with Crippen molar-refractivity contribution in [2.24, 2.45) is 5.92 Å². The number of amides is 2. The van der Waals surface area contributed by atoms with Crippen LogP contribution in [0.1, 0.15) is 25.3 Å². The Morgan fingerprint density at radius 1 is 1.36 bits per heavy atom. The Bertz CT molecular complexity index is 485. The summed E-state index contributed by atoms with van der Waals surface area (Å²) in [4.78, 5) is 16.1. The molecule has 1 heterocycles. The standard InChI is InChI=1S/C17H27N3O2/c1-14-7-10-20(11-8-14)12-9-18-17(22)19(2)13-15-5-3-4-6-16(15)21/h3-6,14,21H,7-13H2,1-2H3,(H,18,22). The van der Waals surface area contributed by atoms with Crippen LogP contribution in [-0.4, -0.2) is 54.2 Å². The van der Waals surface area contributed by atoms with E-state index in [0.717, 1.165) is 31.1 Å². The van der Waals surface area contributed by atoms with Crippen LogP contribution in [0, 0.1) is 5.92 Å². The van der Waals surface area contributed by atoms with Gasteiger partial charge in [-0.2, -0.15) is 0 Å². The van der Waals surface area contributed by atoms with Crippen LogP contribution in [-0.2, 0) is 6.54 Å². The van der Waals surface area contributed by atoms with Gasteiger partial charge in [-0.3, -0.25) is 0 Å². The second-order valence-corrected chi connectivity index (χ2v) is 6.24. The predicted molar refractivity (Wildman–Crippen MR) is 87.8 cm³/mol. The van der Waals surface area contributed by atoms with Crippen molar-refractivity contribution in [3.8, 4) is 5.75 Å². The number of nitrogens with zero attached hydrogens (tertiary/aromatic N) is 2.